The predicted octanol–water partition coefficient (Wildman–Crippen LogP) is 3.13. The molecule has 0 unspecified atom stereocenters. The fourth-order valence-corrected chi connectivity index (χ4v) is 2.15. The molecule has 9 heteroatoms. The Morgan fingerprint density at radius 3 is 2.38 bits per heavy atom. The molecule has 0 aliphatic heterocycles. The molecule has 0 aliphatic carbocycles. The van der Waals surface area contributed by atoms with Crippen LogP contribution in [0.15, 0.2) is 45.6 Å². The highest BCUT2D eigenvalue weighted by Crippen LogP contribution is 2.23. The van der Waals surface area contributed by atoms with E-state index in [4.69, 9.17) is 14.3 Å². The zero-order valence-electron chi connectivity index (χ0n) is 12.6. The zero-order valence-corrected chi connectivity index (χ0v) is 12.6. The van der Waals surface area contributed by atoms with Crippen molar-refractivity contribution in [2.75, 3.05) is 0 Å². The first-order chi connectivity index (χ1) is 12.3. The number of hydrogen-bond donors (Lipinski definition) is 1. The van der Waals surface area contributed by atoms with E-state index in [-0.39, 0.29) is 16.7 Å². The summed E-state index contributed by atoms with van der Waals surface area (Å²) in [6, 6.07) is 5.99. The van der Waals surface area contributed by atoms with Gasteiger partial charge in [-0.3, -0.25) is 0 Å². The van der Waals surface area contributed by atoms with Gasteiger partial charge in [-0.05, 0) is 30.3 Å². The van der Waals surface area contributed by atoms with E-state index >= 15 is 0 Å². The van der Waals surface area contributed by atoms with Gasteiger partial charge in [-0.25, -0.2) is 27.6 Å². The first-order valence-electron chi connectivity index (χ1n) is 6.95. The number of carboxylic acids is 1. The van der Waals surface area contributed by atoms with Crippen molar-refractivity contribution >= 4 is 22.9 Å². The molecule has 0 radical (unpaired) electrons. The Hall–Kier alpha value is -3.62. The average molecular weight is 364 g/mol. The van der Waals surface area contributed by atoms with Crippen LogP contribution in [0.25, 0.3) is 11.0 Å². The van der Waals surface area contributed by atoms with E-state index in [0.717, 1.165) is 18.2 Å². The number of fused-ring (bicyclic) bond motifs is 1. The highest BCUT2D eigenvalue weighted by Gasteiger charge is 2.21. The predicted molar refractivity (Wildman–Crippen MR) is 80.7 cm³/mol. The van der Waals surface area contributed by atoms with E-state index < -0.39 is 46.1 Å². The second kappa shape index (κ2) is 6.36. The SMILES string of the molecule is O=C(Oc1ccc2cc(C(=O)O)c(=O)oc2c1)c1ccc(F)c(F)c1F. The Balaban J connectivity index is 1.95. The summed E-state index contributed by atoms with van der Waals surface area (Å²) < 4.78 is 49.4. The fraction of sp³-hybridized carbons (Fsp3) is 0. The Kier molecular flexibility index (Phi) is 4.21. The van der Waals surface area contributed by atoms with Crippen molar-refractivity contribution in [3.8, 4) is 5.75 Å². The lowest BCUT2D eigenvalue weighted by Crippen LogP contribution is -2.13. The molecule has 132 valence electrons. The fourth-order valence-electron chi connectivity index (χ4n) is 2.15. The number of carbonyl (C=O) groups excluding carboxylic acids is 1. The van der Waals surface area contributed by atoms with Crippen LogP contribution in [0.5, 0.6) is 5.75 Å². The van der Waals surface area contributed by atoms with Crippen molar-refractivity contribution < 1.29 is 37.0 Å². The quantitative estimate of drug-likeness (QED) is 0.332. The molecule has 2 aromatic carbocycles. The number of hydrogen-bond acceptors (Lipinski definition) is 5. The smallest absolute Gasteiger partial charge is 0.351 e. The van der Waals surface area contributed by atoms with Crippen LogP contribution < -0.4 is 10.4 Å². The van der Waals surface area contributed by atoms with E-state index in [9.17, 15) is 27.6 Å². The van der Waals surface area contributed by atoms with E-state index in [1.807, 2.05) is 0 Å². The van der Waals surface area contributed by atoms with Crippen LogP contribution in [0.2, 0.25) is 0 Å². The Labute approximate surface area is 142 Å². The molecule has 0 saturated heterocycles. The molecule has 0 saturated carbocycles. The van der Waals surface area contributed by atoms with Crippen LogP contribution in [0, 0.1) is 17.5 Å². The number of ether oxygens (including phenoxy) is 1. The highest BCUT2D eigenvalue weighted by atomic mass is 19.2. The van der Waals surface area contributed by atoms with Crippen molar-refractivity contribution in [1.29, 1.82) is 0 Å². The summed E-state index contributed by atoms with van der Waals surface area (Å²) in [6.45, 7) is 0. The minimum absolute atomic E-state index is 0.0870. The van der Waals surface area contributed by atoms with Gasteiger partial charge in [0.05, 0.1) is 5.56 Å². The maximum absolute atomic E-state index is 13.6. The van der Waals surface area contributed by atoms with Gasteiger partial charge in [-0.15, -0.1) is 0 Å². The topological polar surface area (TPSA) is 93.8 Å². The number of carboxylic acid groups (broad SMARTS) is 1. The monoisotopic (exact) mass is 364 g/mol. The van der Waals surface area contributed by atoms with Crippen LogP contribution in [0.1, 0.15) is 20.7 Å². The van der Waals surface area contributed by atoms with Gasteiger partial charge in [0.2, 0.25) is 0 Å². The molecule has 0 fully saturated rings. The Morgan fingerprint density at radius 2 is 1.69 bits per heavy atom. The summed E-state index contributed by atoms with van der Waals surface area (Å²) in [5, 5.41) is 9.11. The molecule has 1 aromatic heterocycles. The third-order valence-corrected chi connectivity index (χ3v) is 3.40. The maximum atomic E-state index is 13.6. The van der Waals surface area contributed by atoms with Gasteiger partial charge in [-0.2, -0.15) is 0 Å². The van der Waals surface area contributed by atoms with Crippen molar-refractivity contribution in [2.24, 2.45) is 0 Å². The molecular weight excluding hydrogens is 357 g/mol. The molecule has 3 aromatic rings. The average Bonchev–Trinajstić information content (AvgIpc) is 2.58. The van der Waals surface area contributed by atoms with Gasteiger partial charge in [0.25, 0.3) is 0 Å². The van der Waals surface area contributed by atoms with E-state index in [0.29, 0.717) is 6.07 Å². The van der Waals surface area contributed by atoms with Gasteiger partial charge < -0.3 is 14.3 Å². The standard InChI is InChI=1S/C17H7F3O6/c18-11-4-3-9(13(19)14(11)20)16(23)25-8-2-1-7-5-10(15(21)22)17(24)26-12(7)6-8/h1-6H,(H,21,22). The summed E-state index contributed by atoms with van der Waals surface area (Å²) in [5.41, 5.74) is -2.60. The highest BCUT2D eigenvalue weighted by molar-refractivity contribution is 5.93. The summed E-state index contributed by atoms with van der Waals surface area (Å²) >= 11 is 0. The Morgan fingerprint density at radius 1 is 0.962 bits per heavy atom. The van der Waals surface area contributed by atoms with Crippen LogP contribution in [0.4, 0.5) is 13.2 Å². The molecule has 0 aliphatic rings. The number of esters is 1. The summed E-state index contributed by atoms with van der Waals surface area (Å²) in [5.74, 6) is -7.92. The van der Waals surface area contributed by atoms with Crippen molar-refractivity contribution in [1.82, 2.24) is 0 Å². The van der Waals surface area contributed by atoms with Crippen LogP contribution in [-0.2, 0) is 0 Å². The van der Waals surface area contributed by atoms with Gasteiger partial charge >= 0.3 is 17.6 Å². The van der Waals surface area contributed by atoms with Gasteiger partial charge in [0.15, 0.2) is 17.5 Å². The molecule has 0 amide bonds. The van der Waals surface area contributed by atoms with Crippen molar-refractivity contribution in [2.45, 2.75) is 0 Å². The third kappa shape index (κ3) is 3.02. The molecule has 1 N–H and O–H groups in total. The number of rotatable bonds is 3. The van der Waals surface area contributed by atoms with Gasteiger partial charge in [-0.1, -0.05) is 0 Å². The third-order valence-electron chi connectivity index (χ3n) is 3.40. The number of halogens is 3. The van der Waals surface area contributed by atoms with Crippen LogP contribution >= 0.6 is 0 Å². The minimum Gasteiger partial charge on any atom is -0.477 e. The molecule has 0 atom stereocenters. The largest absolute Gasteiger partial charge is 0.477 e. The van der Waals surface area contributed by atoms with Crippen molar-refractivity contribution in [3.05, 3.63) is 75.4 Å². The minimum atomic E-state index is -1.81. The lowest BCUT2D eigenvalue weighted by molar-refractivity contribution is 0.0690. The van der Waals surface area contributed by atoms with Crippen LogP contribution in [-0.4, -0.2) is 17.0 Å². The van der Waals surface area contributed by atoms with Crippen LogP contribution in [0.3, 0.4) is 0 Å². The number of aromatic carboxylic acids is 1. The lowest BCUT2D eigenvalue weighted by atomic mass is 10.1. The summed E-state index contributed by atoms with van der Waals surface area (Å²) in [6.07, 6.45) is 0. The summed E-state index contributed by atoms with van der Waals surface area (Å²) in [7, 11) is 0. The zero-order chi connectivity index (χ0) is 19.0. The molecule has 0 bridgehead atoms. The van der Waals surface area contributed by atoms with E-state index in [1.165, 1.54) is 12.1 Å². The molecule has 6 nitrogen and oxygen atoms in total. The molecule has 1 heterocycles. The van der Waals surface area contributed by atoms with Gasteiger partial charge in [0.1, 0.15) is 16.9 Å². The molecular formula is C17H7F3O6. The van der Waals surface area contributed by atoms with Gasteiger partial charge in [0, 0.05) is 11.5 Å². The molecule has 26 heavy (non-hydrogen) atoms. The maximum Gasteiger partial charge on any atom is 0.351 e. The lowest BCUT2D eigenvalue weighted by Gasteiger charge is -2.07. The number of benzene rings is 2. The van der Waals surface area contributed by atoms with Crippen molar-refractivity contribution in [3.63, 3.8) is 0 Å². The molecule has 3 rings (SSSR count). The Bertz CT molecular complexity index is 1120. The first kappa shape index (κ1) is 17.2. The number of carbonyl (C=O) groups is 2. The van der Waals surface area contributed by atoms with E-state index in [1.54, 1.807) is 0 Å². The second-order valence-electron chi connectivity index (χ2n) is 5.06. The van der Waals surface area contributed by atoms with E-state index in [2.05, 4.69) is 0 Å². The first-order valence-corrected chi connectivity index (χ1v) is 6.95. The normalized spacial score (nSPS) is 10.7. The second-order valence-corrected chi connectivity index (χ2v) is 5.06. The molecule has 0 spiro atoms. The summed E-state index contributed by atoms with van der Waals surface area (Å²) in [4.78, 5) is 34.4.